The number of aldehydes is 1. The molecule has 6 unspecified atom stereocenters. The molecule has 0 radical (unpaired) electrons. The number of fused-ring (bicyclic) bond motifs is 3. The van der Waals surface area contributed by atoms with Crippen molar-refractivity contribution in [3.05, 3.63) is 154 Å². The Morgan fingerprint density at radius 1 is 0.971 bits per heavy atom. The van der Waals surface area contributed by atoms with E-state index < -0.39 is 38.6 Å². The number of rotatable bonds is 23. The Labute approximate surface area is 402 Å². The van der Waals surface area contributed by atoms with Gasteiger partial charge >= 0.3 is 0 Å². The molecule has 1 fully saturated rings. The number of carbonyl (C=O) groups excluding carboxylic acids is 1. The van der Waals surface area contributed by atoms with Crippen molar-refractivity contribution in [1.29, 1.82) is 0 Å². The van der Waals surface area contributed by atoms with Crippen LogP contribution in [0.3, 0.4) is 0 Å². The molecule has 0 amide bonds. The number of allylic oxidation sites excluding steroid dienone is 1. The highest BCUT2D eigenvalue weighted by Gasteiger charge is 2.66. The molecule has 1 aromatic heterocycles. The number of aromatic nitrogens is 1. The lowest BCUT2D eigenvalue weighted by molar-refractivity contribution is -0.384. The number of carbonyl (C=O) groups is 1. The maximum atomic E-state index is 15.6. The second kappa shape index (κ2) is 22.0. The molecule has 0 bridgehead atoms. The molecule has 1 saturated carbocycles. The number of pyridine rings is 1. The fourth-order valence-electron chi connectivity index (χ4n) is 10.4. The maximum absolute atomic E-state index is 15.6. The van der Waals surface area contributed by atoms with Crippen LogP contribution in [0.15, 0.2) is 138 Å². The van der Waals surface area contributed by atoms with Crippen molar-refractivity contribution < 1.29 is 47.4 Å². The molecule has 2 heterocycles. The minimum absolute atomic E-state index is 0.00463. The van der Waals surface area contributed by atoms with Crippen molar-refractivity contribution in [2.45, 2.75) is 87.5 Å². The van der Waals surface area contributed by atoms with E-state index in [2.05, 4.69) is 17.6 Å². The highest BCUT2D eigenvalue weighted by Crippen LogP contribution is 2.62. The Hall–Kier alpha value is -6.30. The zero-order valence-electron chi connectivity index (χ0n) is 38.6. The molecule has 8 rings (SSSR count). The number of sulfonamides is 1. The molecule has 2 aliphatic carbocycles. The first-order valence-corrected chi connectivity index (χ1v) is 25.0. The van der Waals surface area contributed by atoms with Crippen LogP contribution in [0.25, 0.3) is 10.9 Å². The average Bonchev–Trinajstić information content (AvgIpc) is 3.36. The van der Waals surface area contributed by atoms with Crippen LogP contribution in [0, 0.1) is 27.9 Å². The zero-order valence-corrected chi connectivity index (χ0v) is 39.4. The van der Waals surface area contributed by atoms with E-state index in [-0.39, 0.29) is 61.8 Å². The fourth-order valence-corrected chi connectivity index (χ4v) is 12.3. The number of hydrogen-bond donors (Lipinski definition) is 2. The quantitative estimate of drug-likeness (QED) is 0.0207. The summed E-state index contributed by atoms with van der Waals surface area (Å²) in [6.45, 7) is 6.03. The van der Waals surface area contributed by atoms with E-state index in [1.54, 1.807) is 72.9 Å². The molecular weight excluding hydrogens is 901 g/mol. The molecule has 69 heavy (non-hydrogen) atoms. The zero-order chi connectivity index (χ0) is 48.5. The van der Waals surface area contributed by atoms with Gasteiger partial charge < -0.3 is 29.3 Å². The lowest BCUT2D eigenvalue weighted by Crippen LogP contribution is -2.70. The molecule has 4 aromatic carbocycles. The monoisotopic (exact) mass is 958 g/mol. The summed E-state index contributed by atoms with van der Waals surface area (Å²) < 4.78 is 53.7. The maximum Gasteiger partial charge on any atom is 0.269 e. The summed E-state index contributed by atoms with van der Waals surface area (Å²) in [5.74, 6) is -1.52. The van der Waals surface area contributed by atoms with Crippen LogP contribution in [0.4, 0.5) is 5.69 Å². The molecular formula is C53H58N4O11S. The van der Waals surface area contributed by atoms with E-state index in [1.807, 2.05) is 31.2 Å². The molecule has 2 N–H and O–H groups in total. The van der Waals surface area contributed by atoms with Crippen LogP contribution in [-0.2, 0) is 26.2 Å². The number of nitrogens with zero attached hydrogens (tertiary/aromatic N) is 4. The molecule has 0 spiro atoms. The van der Waals surface area contributed by atoms with Gasteiger partial charge in [-0.05, 0) is 110 Å². The Kier molecular flexibility index (Phi) is 15.7. The predicted octanol–water partition coefficient (Wildman–Crippen LogP) is 9.68. The SMILES string of the molecule is C=CCOC12Oc3ccc(Oc4cccc(C=O)c4)cc3C3C(CCCCO)C(CCCCO)C=C(C(=NOCc4ccc([N+](=O)[O-])cc4)CC1N(CCC)S(=O)(=O)c1cccc4cccnc14)C32. The highest BCUT2D eigenvalue weighted by molar-refractivity contribution is 7.89. The molecule has 1 aliphatic heterocycles. The smallest absolute Gasteiger partial charge is 0.269 e. The van der Waals surface area contributed by atoms with Gasteiger partial charge in [-0.1, -0.05) is 67.4 Å². The van der Waals surface area contributed by atoms with Gasteiger partial charge in [0.25, 0.3) is 5.69 Å². The molecule has 16 heteroatoms. The second-order valence-corrected chi connectivity index (χ2v) is 19.6. The summed E-state index contributed by atoms with van der Waals surface area (Å²) in [4.78, 5) is 33.5. The van der Waals surface area contributed by atoms with Gasteiger partial charge in [0, 0.05) is 66.9 Å². The summed E-state index contributed by atoms with van der Waals surface area (Å²) in [6.07, 6.45) is 10.6. The first kappa shape index (κ1) is 49.1. The number of non-ortho nitro benzene ring substituents is 1. The Bertz CT molecular complexity index is 2810. The van der Waals surface area contributed by atoms with Crippen molar-refractivity contribution in [1.82, 2.24) is 9.29 Å². The number of nitro groups is 1. The second-order valence-electron chi connectivity index (χ2n) is 17.7. The summed E-state index contributed by atoms with van der Waals surface area (Å²) in [5, 5.41) is 37.0. The molecule has 0 saturated heterocycles. The third-order valence-corrected chi connectivity index (χ3v) is 15.3. The molecule has 362 valence electrons. The Balaban J connectivity index is 1.36. The fraction of sp³-hybridized carbons (Fsp3) is 0.377. The number of ether oxygens (including phenoxy) is 3. The van der Waals surface area contributed by atoms with Crippen LogP contribution in [0.5, 0.6) is 17.2 Å². The van der Waals surface area contributed by atoms with Crippen molar-refractivity contribution >= 4 is 38.6 Å². The number of nitro benzene ring substituents is 1. The minimum Gasteiger partial charge on any atom is -0.460 e. The largest absolute Gasteiger partial charge is 0.460 e. The number of aliphatic hydroxyl groups excluding tert-OH is 2. The van der Waals surface area contributed by atoms with Gasteiger partial charge in [0.15, 0.2) is 0 Å². The lowest BCUT2D eigenvalue weighted by Gasteiger charge is -2.59. The first-order valence-electron chi connectivity index (χ1n) is 23.6. The van der Waals surface area contributed by atoms with Crippen LogP contribution >= 0.6 is 0 Å². The topological polar surface area (TPSA) is 200 Å². The molecule has 5 aromatic rings. The van der Waals surface area contributed by atoms with Gasteiger partial charge in [-0.2, -0.15) is 4.31 Å². The summed E-state index contributed by atoms with van der Waals surface area (Å²) in [7, 11) is -4.39. The third-order valence-electron chi connectivity index (χ3n) is 13.4. The lowest BCUT2D eigenvalue weighted by atomic mass is 9.55. The van der Waals surface area contributed by atoms with Crippen LogP contribution < -0.4 is 9.47 Å². The summed E-state index contributed by atoms with van der Waals surface area (Å²) in [6, 6.07) is 26.1. The van der Waals surface area contributed by atoms with Crippen molar-refractivity contribution in [3.63, 3.8) is 0 Å². The number of oxime groups is 1. The molecule has 15 nitrogen and oxygen atoms in total. The number of para-hydroxylation sites is 1. The van der Waals surface area contributed by atoms with Gasteiger partial charge in [0.2, 0.25) is 15.8 Å². The van der Waals surface area contributed by atoms with Crippen molar-refractivity contribution in [3.8, 4) is 17.2 Å². The van der Waals surface area contributed by atoms with Crippen LogP contribution in [0.1, 0.15) is 85.7 Å². The normalized spacial score (nSPS) is 22.3. The third kappa shape index (κ3) is 10.2. The van der Waals surface area contributed by atoms with Crippen LogP contribution in [0.2, 0.25) is 0 Å². The Morgan fingerprint density at radius 3 is 2.46 bits per heavy atom. The van der Waals surface area contributed by atoms with E-state index in [1.165, 1.54) is 16.4 Å². The van der Waals surface area contributed by atoms with E-state index in [4.69, 9.17) is 24.2 Å². The minimum atomic E-state index is -4.39. The van der Waals surface area contributed by atoms with E-state index in [0.717, 1.165) is 23.8 Å². The number of benzene rings is 4. The van der Waals surface area contributed by atoms with E-state index >= 15 is 8.42 Å². The number of aliphatic hydroxyl groups is 2. The van der Waals surface area contributed by atoms with Crippen LogP contribution in [-0.4, -0.2) is 83.0 Å². The number of unbranched alkanes of at least 4 members (excludes halogenated alkanes) is 2. The average molecular weight is 959 g/mol. The standard InChI is InChI=1S/C53H58N4O11S/c1-3-26-56(69(63,64)48-18-10-14-38-15-11-25-54-52(38)48)49-33-46(55-66-35-36-19-21-40(22-20-36)57(61)62)44-31-39(13-5-7-27-58)43(17-6-8-28-59)50-45-32-42(67-41-16-9-12-37(30-41)34-60)23-24-47(45)68-53(49,51(44)50)65-29-4-2/h4,9-12,14-16,18-25,30-32,34,39,43,49-51,58-59H,2-3,5-8,13,17,26-29,33,35H2,1H3. The van der Waals surface area contributed by atoms with Crippen molar-refractivity contribution in [2.75, 3.05) is 26.4 Å². The van der Waals surface area contributed by atoms with Gasteiger partial charge in [0.05, 0.1) is 34.7 Å². The van der Waals surface area contributed by atoms with Gasteiger partial charge in [-0.3, -0.25) is 19.9 Å². The molecule has 3 aliphatic rings. The summed E-state index contributed by atoms with van der Waals surface area (Å²) >= 11 is 0. The first-order chi connectivity index (χ1) is 33.6. The molecule has 6 atom stereocenters. The van der Waals surface area contributed by atoms with Gasteiger partial charge in [-0.25, -0.2) is 8.42 Å². The van der Waals surface area contributed by atoms with Gasteiger partial charge in [0.1, 0.15) is 35.0 Å². The highest BCUT2D eigenvalue weighted by atomic mass is 32.2. The van der Waals surface area contributed by atoms with E-state index in [9.17, 15) is 25.1 Å². The summed E-state index contributed by atoms with van der Waals surface area (Å²) in [5.41, 5.74) is 3.43. The van der Waals surface area contributed by atoms with Crippen molar-refractivity contribution in [2.24, 2.45) is 22.9 Å². The predicted molar refractivity (Wildman–Crippen MR) is 261 cm³/mol. The Morgan fingerprint density at radius 2 is 1.72 bits per heavy atom. The van der Waals surface area contributed by atoms with Gasteiger partial charge in [-0.15, -0.1) is 6.58 Å². The number of hydrogen-bond acceptors (Lipinski definition) is 13. The van der Waals surface area contributed by atoms with E-state index in [0.29, 0.717) is 83.5 Å².